The van der Waals surface area contributed by atoms with Crippen molar-refractivity contribution in [2.75, 3.05) is 6.54 Å². The Kier molecular flexibility index (Phi) is 2.92. The van der Waals surface area contributed by atoms with Gasteiger partial charge in [0.25, 0.3) is 0 Å². The molecule has 0 spiro atoms. The van der Waals surface area contributed by atoms with Gasteiger partial charge in [0.1, 0.15) is 0 Å². The zero-order valence-corrected chi connectivity index (χ0v) is 9.34. The second kappa shape index (κ2) is 3.99. The highest BCUT2D eigenvalue weighted by molar-refractivity contribution is 7.10. The van der Waals surface area contributed by atoms with Crippen LogP contribution in [0.5, 0.6) is 0 Å². The van der Waals surface area contributed by atoms with Crippen molar-refractivity contribution in [2.24, 2.45) is 5.92 Å². The van der Waals surface area contributed by atoms with Crippen LogP contribution in [0.4, 0.5) is 0 Å². The summed E-state index contributed by atoms with van der Waals surface area (Å²) in [5.74, 6) is 0.944. The van der Waals surface area contributed by atoms with Crippen LogP contribution in [0.15, 0.2) is 5.38 Å². The lowest BCUT2D eigenvalue weighted by Gasteiger charge is -2.01. The number of aryl methyl sites for hydroxylation is 1. The smallest absolute Gasteiger partial charge is 0.0587 e. The van der Waals surface area contributed by atoms with Crippen molar-refractivity contribution in [3.63, 3.8) is 0 Å². The maximum Gasteiger partial charge on any atom is 0.0587 e. The maximum atomic E-state index is 6.11. The van der Waals surface area contributed by atoms with Crippen molar-refractivity contribution in [2.45, 2.75) is 26.3 Å². The predicted octanol–water partition coefficient (Wildman–Crippen LogP) is 3.21. The normalized spacial score (nSPS) is 16.5. The van der Waals surface area contributed by atoms with Gasteiger partial charge in [-0.15, -0.1) is 11.3 Å². The molecule has 0 amide bonds. The van der Waals surface area contributed by atoms with Gasteiger partial charge in [-0.25, -0.2) is 0 Å². The van der Waals surface area contributed by atoms with E-state index < -0.39 is 0 Å². The van der Waals surface area contributed by atoms with Crippen molar-refractivity contribution in [3.05, 3.63) is 20.8 Å². The highest BCUT2D eigenvalue weighted by Gasteiger charge is 2.20. The number of nitrogens with one attached hydrogen (secondary N) is 1. The molecule has 0 atom stereocenters. The standard InChI is InChI=1S/C10H14ClNS/c1-7-6-13-9(10(7)11)5-12-4-8-2-3-8/h6,8,12H,2-5H2,1H3. The van der Waals surface area contributed by atoms with Gasteiger partial charge in [-0.1, -0.05) is 11.6 Å². The highest BCUT2D eigenvalue weighted by atomic mass is 35.5. The minimum absolute atomic E-state index is 0.938. The summed E-state index contributed by atoms with van der Waals surface area (Å²) in [4.78, 5) is 1.28. The molecule has 1 saturated carbocycles. The molecule has 1 N–H and O–H groups in total. The molecule has 0 bridgehead atoms. The molecule has 13 heavy (non-hydrogen) atoms. The van der Waals surface area contributed by atoms with Gasteiger partial charge in [-0.05, 0) is 43.2 Å². The van der Waals surface area contributed by atoms with E-state index in [1.807, 2.05) is 0 Å². The lowest BCUT2D eigenvalue weighted by molar-refractivity contribution is 0.643. The zero-order chi connectivity index (χ0) is 9.26. The van der Waals surface area contributed by atoms with E-state index in [2.05, 4.69) is 17.6 Å². The molecular formula is C10H14ClNS. The summed E-state index contributed by atoms with van der Waals surface area (Å²) < 4.78 is 0. The van der Waals surface area contributed by atoms with Gasteiger partial charge < -0.3 is 5.32 Å². The van der Waals surface area contributed by atoms with Gasteiger partial charge in [0.2, 0.25) is 0 Å². The lowest BCUT2D eigenvalue weighted by atomic mass is 10.3. The lowest BCUT2D eigenvalue weighted by Crippen LogP contribution is -2.15. The molecule has 0 aliphatic heterocycles. The summed E-state index contributed by atoms with van der Waals surface area (Å²) in [6.07, 6.45) is 2.81. The molecule has 0 radical (unpaired) electrons. The Morgan fingerprint density at radius 1 is 1.62 bits per heavy atom. The predicted molar refractivity (Wildman–Crippen MR) is 58.5 cm³/mol. The molecule has 1 aliphatic carbocycles. The minimum atomic E-state index is 0.938. The van der Waals surface area contributed by atoms with E-state index in [-0.39, 0.29) is 0 Å². The summed E-state index contributed by atoms with van der Waals surface area (Å²) in [6.45, 7) is 4.16. The summed E-state index contributed by atoms with van der Waals surface area (Å²) in [5.41, 5.74) is 1.20. The number of hydrogen-bond donors (Lipinski definition) is 1. The van der Waals surface area contributed by atoms with Crippen molar-refractivity contribution in [1.29, 1.82) is 0 Å². The molecule has 2 rings (SSSR count). The van der Waals surface area contributed by atoms with Crippen LogP contribution in [0.25, 0.3) is 0 Å². The third-order valence-electron chi connectivity index (χ3n) is 2.38. The monoisotopic (exact) mass is 215 g/mol. The van der Waals surface area contributed by atoms with Crippen molar-refractivity contribution in [1.82, 2.24) is 5.32 Å². The van der Waals surface area contributed by atoms with Crippen LogP contribution in [0.3, 0.4) is 0 Å². The molecule has 1 fully saturated rings. The van der Waals surface area contributed by atoms with Gasteiger partial charge in [0.05, 0.1) is 5.02 Å². The molecule has 1 aromatic rings. The second-order valence-corrected chi connectivity index (χ2v) is 5.07. The van der Waals surface area contributed by atoms with Gasteiger partial charge in [-0.3, -0.25) is 0 Å². The van der Waals surface area contributed by atoms with E-state index in [4.69, 9.17) is 11.6 Å². The maximum absolute atomic E-state index is 6.11. The Morgan fingerprint density at radius 2 is 2.38 bits per heavy atom. The molecule has 0 aromatic carbocycles. The summed E-state index contributed by atoms with van der Waals surface area (Å²) in [6, 6.07) is 0. The molecule has 1 aliphatic rings. The number of halogens is 1. The largest absolute Gasteiger partial charge is 0.312 e. The minimum Gasteiger partial charge on any atom is -0.312 e. The first-order valence-electron chi connectivity index (χ1n) is 4.70. The van der Waals surface area contributed by atoms with Crippen molar-refractivity contribution in [3.8, 4) is 0 Å². The first-order valence-corrected chi connectivity index (χ1v) is 5.96. The fourth-order valence-electron chi connectivity index (χ4n) is 1.31. The van der Waals surface area contributed by atoms with E-state index in [1.165, 1.54) is 23.3 Å². The number of thiophene rings is 1. The molecular weight excluding hydrogens is 202 g/mol. The molecule has 1 nitrogen and oxygen atoms in total. The number of rotatable bonds is 4. The van der Waals surface area contributed by atoms with Crippen LogP contribution in [0.2, 0.25) is 5.02 Å². The first-order chi connectivity index (χ1) is 6.27. The van der Waals surface area contributed by atoms with Gasteiger partial charge in [0, 0.05) is 11.4 Å². The van der Waals surface area contributed by atoms with Crippen LogP contribution in [-0.2, 0) is 6.54 Å². The Balaban J connectivity index is 1.82. The summed E-state index contributed by atoms with van der Waals surface area (Å²) in [5, 5.41) is 6.52. The van der Waals surface area contributed by atoms with Crippen LogP contribution < -0.4 is 5.32 Å². The Morgan fingerprint density at radius 3 is 2.92 bits per heavy atom. The van der Waals surface area contributed by atoms with E-state index in [1.54, 1.807) is 11.3 Å². The Hall–Kier alpha value is -0.0500. The Labute approximate surface area is 88.1 Å². The Bertz CT molecular complexity index is 291. The number of hydrogen-bond acceptors (Lipinski definition) is 2. The van der Waals surface area contributed by atoms with E-state index in [0.717, 1.165) is 24.0 Å². The highest BCUT2D eigenvalue weighted by Crippen LogP contribution is 2.29. The van der Waals surface area contributed by atoms with Crippen LogP contribution in [0, 0.1) is 12.8 Å². The third kappa shape index (κ3) is 2.46. The molecule has 1 heterocycles. The van der Waals surface area contributed by atoms with E-state index in [0.29, 0.717) is 0 Å². The molecule has 0 saturated heterocycles. The van der Waals surface area contributed by atoms with Crippen LogP contribution in [-0.4, -0.2) is 6.54 Å². The summed E-state index contributed by atoms with van der Waals surface area (Å²) in [7, 11) is 0. The molecule has 72 valence electrons. The van der Waals surface area contributed by atoms with Gasteiger partial charge in [-0.2, -0.15) is 0 Å². The summed E-state index contributed by atoms with van der Waals surface area (Å²) >= 11 is 7.86. The van der Waals surface area contributed by atoms with Crippen LogP contribution in [0.1, 0.15) is 23.3 Å². The van der Waals surface area contributed by atoms with E-state index >= 15 is 0 Å². The topological polar surface area (TPSA) is 12.0 Å². The fraction of sp³-hybridized carbons (Fsp3) is 0.600. The van der Waals surface area contributed by atoms with Crippen LogP contribution >= 0.6 is 22.9 Å². The van der Waals surface area contributed by atoms with Crippen molar-refractivity contribution < 1.29 is 0 Å². The quantitative estimate of drug-likeness (QED) is 0.814. The van der Waals surface area contributed by atoms with E-state index in [9.17, 15) is 0 Å². The van der Waals surface area contributed by atoms with Gasteiger partial charge in [0.15, 0.2) is 0 Å². The molecule has 3 heteroatoms. The molecule has 0 unspecified atom stereocenters. The van der Waals surface area contributed by atoms with Gasteiger partial charge >= 0.3 is 0 Å². The SMILES string of the molecule is Cc1csc(CNCC2CC2)c1Cl. The molecule has 1 aromatic heterocycles. The third-order valence-corrected chi connectivity index (χ3v) is 4.13. The second-order valence-electron chi connectivity index (χ2n) is 3.73. The average molecular weight is 216 g/mol. The van der Waals surface area contributed by atoms with Crippen molar-refractivity contribution >= 4 is 22.9 Å². The zero-order valence-electron chi connectivity index (χ0n) is 7.77. The average Bonchev–Trinajstić information content (AvgIpc) is 2.88. The fourth-order valence-corrected chi connectivity index (χ4v) is 2.52. The first kappa shape index (κ1) is 9.50.